The van der Waals surface area contributed by atoms with E-state index in [9.17, 15) is 19.7 Å². The van der Waals surface area contributed by atoms with Gasteiger partial charge in [0.05, 0.1) is 28.8 Å². The van der Waals surface area contributed by atoms with E-state index in [2.05, 4.69) is 0 Å². The van der Waals surface area contributed by atoms with Gasteiger partial charge in [0.1, 0.15) is 0 Å². The maximum Gasteiger partial charge on any atom is 0.313 e. The van der Waals surface area contributed by atoms with Gasteiger partial charge in [-0.2, -0.15) is 0 Å². The Balaban J connectivity index is 2.28. The average molecular weight is 375 g/mol. The quantitative estimate of drug-likeness (QED) is 0.336. The second-order valence-corrected chi connectivity index (χ2v) is 7.03. The molecule has 0 heterocycles. The fourth-order valence-corrected chi connectivity index (χ4v) is 4.82. The Hall–Kier alpha value is -2.58. The van der Waals surface area contributed by atoms with E-state index in [0.717, 1.165) is 0 Å². The lowest BCUT2D eigenvalue weighted by Crippen LogP contribution is -2.44. The van der Waals surface area contributed by atoms with Crippen molar-refractivity contribution < 1.29 is 28.7 Å². The van der Waals surface area contributed by atoms with Crippen LogP contribution < -0.4 is 0 Å². The molecular weight excluding hydrogens is 354 g/mol. The van der Waals surface area contributed by atoms with Crippen LogP contribution in [0.1, 0.15) is 19.4 Å². The molecule has 0 spiro atoms. The Morgan fingerprint density at radius 3 is 2.15 bits per heavy atom. The predicted molar refractivity (Wildman–Crippen MR) is 93.9 cm³/mol. The number of fused-ring (bicyclic) bond motifs is 1. The molecule has 0 amide bonds. The molecule has 8 nitrogen and oxygen atoms in total. The molecule has 2 aliphatic rings. The number of ketones is 1. The molecule has 0 saturated heterocycles. The number of benzene rings is 1. The molecule has 2 aliphatic carbocycles. The summed E-state index contributed by atoms with van der Waals surface area (Å²) in [6.07, 6.45) is 1.58. The van der Waals surface area contributed by atoms with Crippen LogP contribution >= 0.6 is 0 Å². The summed E-state index contributed by atoms with van der Waals surface area (Å²) in [6.45, 7) is 3.27. The van der Waals surface area contributed by atoms with Gasteiger partial charge in [-0.3, -0.25) is 19.7 Å². The minimum Gasteiger partial charge on any atom is -0.469 e. The number of ether oxygens (including phenoxy) is 3. The highest BCUT2D eigenvalue weighted by molar-refractivity contribution is 6.13. The lowest BCUT2D eigenvalue weighted by Gasteiger charge is -2.34. The fraction of sp³-hybridized carbons (Fsp3) is 0.474. The third-order valence-electron chi connectivity index (χ3n) is 6.06. The summed E-state index contributed by atoms with van der Waals surface area (Å²) >= 11 is 0. The van der Waals surface area contributed by atoms with Crippen molar-refractivity contribution in [3.63, 3.8) is 0 Å². The van der Waals surface area contributed by atoms with Gasteiger partial charge >= 0.3 is 5.97 Å². The highest BCUT2D eigenvalue weighted by Gasteiger charge is 2.89. The number of hydrogen-bond donors (Lipinski definition) is 0. The van der Waals surface area contributed by atoms with E-state index in [0.29, 0.717) is 11.1 Å². The van der Waals surface area contributed by atoms with E-state index in [1.54, 1.807) is 19.9 Å². The number of nitrogens with zero attached hydrogens (tertiary/aromatic N) is 1. The van der Waals surface area contributed by atoms with Gasteiger partial charge in [0.15, 0.2) is 11.6 Å². The number of hydrogen-bond acceptors (Lipinski definition) is 7. The SMILES string of the molecule is COC(=O)[C@@]1(C)[C@H]2C(OC)(OC)C=C(C)C(=O)[C@]21c1ccc([N+](=O)[O-])cc1. The van der Waals surface area contributed by atoms with Gasteiger partial charge in [0, 0.05) is 26.4 Å². The molecule has 0 aromatic heterocycles. The second kappa shape index (κ2) is 5.97. The number of carbonyl (C=O) groups is 2. The second-order valence-electron chi connectivity index (χ2n) is 7.03. The standard InChI is InChI=1S/C19H21NO7/c1-11-10-18(26-4,27-5)15-17(2,16(22)25-3)19(15,14(11)21)12-6-8-13(9-7-12)20(23)24/h6-10,15H,1-5H3/t15-,17+,19+/m0/s1. The average Bonchev–Trinajstić information content (AvgIpc) is 3.27. The van der Waals surface area contributed by atoms with Crippen molar-refractivity contribution in [1.82, 2.24) is 0 Å². The van der Waals surface area contributed by atoms with Gasteiger partial charge in [0.2, 0.25) is 0 Å². The lowest BCUT2D eigenvalue weighted by molar-refractivity contribution is -0.384. The summed E-state index contributed by atoms with van der Waals surface area (Å²) in [7, 11) is 4.15. The third-order valence-corrected chi connectivity index (χ3v) is 6.06. The number of Topliss-reactive ketones (excluding diaryl/α,β-unsaturated/α-hetero) is 1. The highest BCUT2D eigenvalue weighted by Crippen LogP contribution is 2.76. The number of rotatable bonds is 5. The summed E-state index contributed by atoms with van der Waals surface area (Å²) in [5.41, 5.74) is -1.77. The lowest BCUT2D eigenvalue weighted by atomic mass is 9.77. The molecule has 1 saturated carbocycles. The molecule has 8 heteroatoms. The Morgan fingerprint density at radius 1 is 1.15 bits per heavy atom. The zero-order valence-electron chi connectivity index (χ0n) is 15.8. The number of methoxy groups -OCH3 is 3. The molecule has 0 radical (unpaired) electrons. The Morgan fingerprint density at radius 2 is 1.70 bits per heavy atom. The van der Waals surface area contributed by atoms with E-state index < -0.39 is 33.4 Å². The predicted octanol–water partition coefficient (Wildman–Crippen LogP) is 2.16. The van der Waals surface area contributed by atoms with Crippen molar-refractivity contribution in [3.8, 4) is 0 Å². The maximum atomic E-state index is 13.3. The molecule has 27 heavy (non-hydrogen) atoms. The van der Waals surface area contributed by atoms with Gasteiger partial charge in [-0.1, -0.05) is 12.1 Å². The number of allylic oxidation sites excluding steroid dienone is 1. The molecule has 1 fully saturated rings. The van der Waals surface area contributed by atoms with E-state index in [1.807, 2.05) is 0 Å². The molecule has 0 bridgehead atoms. The normalized spacial score (nSPS) is 30.9. The number of carbonyl (C=O) groups excluding carboxylic acids is 2. The van der Waals surface area contributed by atoms with Crippen LogP contribution in [0.25, 0.3) is 0 Å². The maximum absolute atomic E-state index is 13.3. The van der Waals surface area contributed by atoms with Crippen molar-refractivity contribution >= 4 is 17.4 Å². The largest absolute Gasteiger partial charge is 0.469 e. The summed E-state index contributed by atoms with van der Waals surface area (Å²) < 4.78 is 16.3. The Labute approximate surface area is 156 Å². The van der Waals surface area contributed by atoms with Crippen LogP contribution in [0.4, 0.5) is 5.69 Å². The van der Waals surface area contributed by atoms with Gasteiger partial charge in [-0.05, 0) is 31.1 Å². The van der Waals surface area contributed by atoms with E-state index in [1.165, 1.54) is 45.6 Å². The summed E-state index contributed by atoms with van der Waals surface area (Å²) in [5.74, 6) is -2.81. The third kappa shape index (κ3) is 2.11. The summed E-state index contributed by atoms with van der Waals surface area (Å²) in [5, 5.41) is 11.0. The van der Waals surface area contributed by atoms with Crippen LogP contribution in [0.5, 0.6) is 0 Å². The van der Waals surface area contributed by atoms with Crippen molar-refractivity contribution in [3.05, 3.63) is 51.6 Å². The van der Waals surface area contributed by atoms with Gasteiger partial charge in [-0.25, -0.2) is 0 Å². The first-order valence-electron chi connectivity index (χ1n) is 8.35. The summed E-state index contributed by atoms with van der Waals surface area (Å²) in [6, 6.07) is 5.65. The number of nitro groups is 1. The monoisotopic (exact) mass is 375 g/mol. The number of esters is 1. The molecule has 0 N–H and O–H groups in total. The van der Waals surface area contributed by atoms with Crippen molar-refractivity contribution in [2.75, 3.05) is 21.3 Å². The molecule has 0 unspecified atom stereocenters. The Kier molecular flexibility index (Phi) is 4.24. The number of nitro benzene ring substituents is 1. The number of non-ortho nitro benzene ring substituents is 1. The molecule has 1 aromatic rings. The first-order valence-corrected chi connectivity index (χ1v) is 8.35. The van der Waals surface area contributed by atoms with Crippen molar-refractivity contribution in [1.29, 1.82) is 0 Å². The van der Waals surface area contributed by atoms with Crippen LogP contribution in [0, 0.1) is 21.4 Å². The van der Waals surface area contributed by atoms with E-state index >= 15 is 0 Å². The topological polar surface area (TPSA) is 105 Å². The fourth-order valence-electron chi connectivity index (χ4n) is 4.82. The minimum atomic E-state index is -1.30. The first kappa shape index (κ1) is 19.2. The van der Waals surface area contributed by atoms with Crippen LogP contribution in [-0.4, -0.2) is 43.8 Å². The summed E-state index contributed by atoms with van der Waals surface area (Å²) in [4.78, 5) is 36.6. The molecule has 3 atom stereocenters. The molecule has 144 valence electrons. The molecule has 0 aliphatic heterocycles. The van der Waals surface area contributed by atoms with E-state index in [-0.39, 0.29) is 11.5 Å². The Bertz CT molecular complexity index is 855. The van der Waals surface area contributed by atoms with Crippen LogP contribution in [0.15, 0.2) is 35.9 Å². The van der Waals surface area contributed by atoms with Gasteiger partial charge < -0.3 is 14.2 Å². The molecule has 3 rings (SSSR count). The van der Waals surface area contributed by atoms with Crippen LogP contribution in [0.3, 0.4) is 0 Å². The van der Waals surface area contributed by atoms with Crippen molar-refractivity contribution in [2.45, 2.75) is 25.0 Å². The molecular formula is C19H21NO7. The van der Waals surface area contributed by atoms with Crippen molar-refractivity contribution in [2.24, 2.45) is 11.3 Å². The van der Waals surface area contributed by atoms with Crippen LogP contribution in [-0.2, 0) is 29.2 Å². The van der Waals surface area contributed by atoms with Gasteiger partial charge in [0.25, 0.3) is 5.69 Å². The van der Waals surface area contributed by atoms with Crippen LogP contribution in [0.2, 0.25) is 0 Å². The highest BCUT2D eigenvalue weighted by atomic mass is 16.7. The zero-order chi connectivity index (χ0) is 20.2. The minimum absolute atomic E-state index is 0.104. The zero-order valence-corrected chi connectivity index (χ0v) is 15.8. The smallest absolute Gasteiger partial charge is 0.313 e. The van der Waals surface area contributed by atoms with Gasteiger partial charge in [-0.15, -0.1) is 0 Å². The van der Waals surface area contributed by atoms with E-state index in [4.69, 9.17) is 14.2 Å². The first-order chi connectivity index (χ1) is 12.7. The molecule has 1 aromatic carbocycles.